The summed E-state index contributed by atoms with van der Waals surface area (Å²) in [5.74, 6) is 0.0672. The number of halogens is 1. The van der Waals surface area contributed by atoms with E-state index in [1.54, 1.807) is 0 Å². The number of benzene rings is 2. The largest absolute Gasteiger partial charge is 0.348 e. The number of rotatable bonds is 2. The molecule has 0 spiro atoms. The van der Waals surface area contributed by atoms with Crippen molar-refractivity contribution in [2.75, 3.05) is 6.54 Å². The highest BCUT2D eigenvalue weighted by Crippen LogP contribution is 2.33. The first-order chi connectivity index (χ1) is 11.7. The maximum atomic E-state index is 13.2. The van der Waals surface area contributed by atoms with Crippen molar-refractivity contribution in [3.8, 4) is 0 Å². The lowest BCUT2D eigenvalue weighted by Crippen LogP contribution is -2.42. The molecule has 4 rings (SSSR count). The van der Waals surface area contributed by atoms with Crippen LogP contribution in [-0.2, 0) is 6.54 Å². The monoisotopic (exact) mass is 380 g/mol. The van der Waals surface area contributed by atoms with Gasteiger partial charge >= 0.3 is 0 Å². The van der Waals surface area contributed by atoms with Crippen LogP contribution in [0.1, 0.15) is 27.7 Å². The Morgan fingerprint density at radius 1 is 0.958 bits per heavy atom. The quantitative estimate of drug-likeness (QED) is 0.642. The first-order valence-electron chi connectivity index (χ1n) is 8.00. The van der Waals surface area contributed by atoms with Crippen LogP contribution in [0, 0.1) is 0 Å². The van der Waals surface area contributed by atoms with Gasteiger partial charge in [-0.1, -0.05) is 52.3 Å². The highest BCUT2D eigenvalue weighted by atomic mass is 79.9. The van der Waals surface area contributed by atoms with Gasteiger partial charge in [-0.3, -0.25) is 4.79 Å². The molecule has 120 valence electrons. The van der Waals surface area contributed by atoms with Crippen LogP contribution in [0.2, 0.25) is 0 Å². The molecule has 0 radical (unpaired) electrons. The minimum atomic E-state index is -0.0542. The summed E-state index contributed by atoms with van der Waals surface area (Å²) in [4.78, 5) is 15.1. The van der Waals surface area contributed by atoms with Gasteiger partial charge in [0.15, 0.2) is 0 Å². The lowest BCUT2D eigenvalue weighted by Gasteiger charge is -2.37. The van der Waals surface area contributed by atoms with Gasteiger partial charge in [-0.05, 0) is 35.9 Å². The molecule has 2 aromatic carbocycles. The van der Waals surface area contributed by atoms with Crippen LogP contribution in [0.5, 0.6) is 0 Å². The molecule has 0 saturated carbocycles. The second-order valence-electron chi connectivity index (χ2n) is 5.95. The van der Waals surface area contributed by atoms with Crippen molar-refractivity contribution in [3.05, 3.63) is 94.2 Å². The molecule has 4 heteroatoms. The molecule has 1 aliphatic heterocycles. The van der Waals surface area contributed by atoms with Crippen molar-refractivity contribution < 1.29 is 4.79 Å². The zero-order chi connectivity index (χ0) is 16.5. The van der Waals surface area contributed by atoms with Crippen molar-refractivity contribution in [3.63, 3.8) is 0 Å². The van der Waals surface area contributed by atoms with Gasteiger partial charge in [0.05, 0.1) is 6.04 Å². The van der Waals surface area contributed by atoms with Crippen molar-refractivity contribution >= 4 is 21.8 Å². The molecule has 3 nitrogen and oxygen atoms in total. The van der Waals surface area contributed by atoms with Crippen molar-refractivity contribution in [2.45, 2.75) is 12.6 Å². The molecule has 0 fully saturated rings. The molecule has 0 saturated heterocycles. The molecular weight excluding hydrogens is 364 g/mol. The molecule has 0 aliphatic carbocycles. The maximum absolute atomic E-state index is 13.2. The zero-order valence-corrected chi connectivity index (χ0v) is 14.7. The third-order valence-electron chi connectivity index (χ3n) is 4.49. The summed E-state index contributed by atoms with van der Waals surface area (Å²) in [5.41, 5.74) is 3.02. The van der Waals surface area contributed by atoms with E-state index in [4.69, 9.17) is 0 Å². The Labute approximate surface area is 149 Å². The highest BCUT2D eigenvalue weighted by Gasteiger charge is 2.32. The molecule has 0 N–H and O–H groups in total. The third-order valence-corrected chi connectivity index (χ3v) is 4.98. The van der Waals surface area contributed by atoms with Crippen LogP contribution in [0.25, 0.3) is 0 Å². The number of hydrogen-bond donors (Lipinski definition) is 0. The fourth-order valence-corrected chi connectivity index (χ4v) is 3.77. The first-order valence-corrected chi connectivity index (χ1v) is 8.80. The van der Waals surface area contributed by atoms with Crippen molar-refractivity contribution in [1.29, 1.82) is 0 Å². The predicted molar refractivity (Wildman–Crippen MR) is 97.9 cm³/mol. The second kappa shape index (κ2) is 6.29. The number of fused-ring (bicyclic) bond motifs is 1. The van der Waals surface area contributed by atoms with Crippen LogP contribution in [0.15, 0.2) is 77.4 Å². The van der Waals surface area contributed by atoms with E-state index >= 15 is 0 Å². The normalized spacial score (nSPS) is 16.7. The molecule has 1 aromatic heterocycles. The van der Waals surface area contributed by atoms with E-state index in [1.165, 1.54) is 0 Å². The summed E-state index contributed by atoms with van der Waals surface area (Å²) in [6, 6.07) is 22.0. The molecular formula is C20H17BrN2O. The van der Waals surface area contributed by atoms with Gasteiger partial charge in [0.25, 0.3) is 5.91 Å². The van der Waals surface area contributed by atoms with E-state index in [0.29, 0.717) is 12.1 Å². The van der Waals surface area contributed by atoms with Crippen LogP contribution in [0.4, 0.5) is 0 Å². The SMILES string of the molecule is O=C(c1cccc(Br)c1)N1CCn2cccc2C1c1ccccc1. The lowest BCUT2D eigenvalue weighted by molar-refractivity contribution is 0.0664. The first kappa shape index (κ1) is 15.2. The smallest absolute Gasteiger partial charge is 0.254 e. The van der Waals surface area contributed by atoms with Gasteiger partial charge in [0.1, 0.15) is 0 Å². The van der Waals surface area contributed by atoms with E-state index in [1.807, 2.05) is 47.4 Å². The standard InChI is InChI=1S/C20H17BrN2O/c21-17-9-4-8-16(14-17)20(24)23-13-12-22-11-5-10-18(22)19(23)15-6-2-1-3-7-15/h1-11,14,19H,12-13H2. The van der Waals surface area contributed by atoms with E-state index < -0.39 is 0 Å². The summed E-state index contributed by atoms with van der Waals surface area (Å²) in [7, 11) is 0. The Bertz CT molecular complexity index is 872. The molecule has 2 heterocycles. The minimum absolute atomic E-state index is 0.0542. The summed E-state index contributed by atoms with van der Waals surface area (Å²) in [6.45, 7) is 1.53. The number of carbonyl (C=O) groups excluding carboxylic acids is 1. The molecule has 3 aromatic rings. The van der Waals surface area contributed by atoms with Gasteiger partial charge < -0.3 is 9.47 Å². The van der Waals surface area contributed by atoms with Crippen LogP contribution < -0.4 is 0 Å². The Balaban J connectivity index is 1.78. The Morgan fingerprint density at radius 3 is 2.58 bits per heavy atom. The lowest BCUT2D eigenvalue weighted by atomic mass is 9.99. The summed E-state index contributed by atoms with van der Waals surface area (Å²) < 4.78 is 3.16. The Kier molecular flexibility index (Phi) is 3.98. The van der Waals surface area contributed by atoms with Crippen LogP contribution in [0.3, 0.4) is 0 Å². The zero-order valence-electron chi connectivity index (χ0n) is 13.1. The fourth-order valence-electron chi connectivity index (χ4n) is 3.38. The minimum Gasteiger partial charge on any atom is -0.348 e. The van der Waals surface area contributed by atoms with E-state index in [2.05, 4.69) is 51.0 Å². The molecule has 1 amide bonds. The predicted octanol–water partition coefficient (Wildman–Crippen LogP) is 4.50. The Morgan fingerprint density at radius 2 is 1.79 bits per heavy atom. The number of amides is 1. The summed E-state index contributed by atoms with van der Waals surface area (Å²) in [5, 5.41) is 0. The van der Waals surface area contributed by atoms with Gasteiger partial charge in [-0.15, -0.1) is 0 Å². The van der Waals surface area contributed by atoms with Crippen LogP contribution >= 0.6 is 15.9 Å². The Hall–Kier alpha value is -2.33. The average molecular weight is 381 g/mol. The fraction of sp³-hybridized carbons (Fsp3) is 0.150. The summed E-state index contributed by atoms with van der Waals surface area (Å²) >= 11 is 3.46. The van der Waals surface area contributed by atoms with Crippen molar-refractivity contribution in [2.24, 2.45) is 0 Å². The van der Waals surface area contributed by atoms with Gasteiger partial charge in [-0.25, -0.2) is 0 Å². The average Bonchev–Trinajstić information content (AvgIpc) is 3.09. The number of carbonyl (C=O) groups is 1. The maximum Gasteiger partial charge on any atom is 0.254 e. The van der Waals surface area contributed by atoms with Gasteiger partial charge in [-0.2, -0.15) is 0 Å². The third kappa shape index (κ3) is 2.67. The number of hydrogen-bond acceptors (Lipinski definition) is 1. The summed E-state index contributed by atoms with van der Waals surface area (Å²) in [6.07, 6.45) is 2.09. The second-order valence-corrected chi connectivity index (χ2v) is 6.86. The molecule has 1 atom stereocenters. The van der Waals surface area contributed by atoms with Gasteiger partial charge in [0.2, 0.25) is 0 Å². The topological polar surface area (TPSA) is 25.2 Å². The van der Waals surface area contributed by atoms with E-state index in [-0.39, 0.29) is 11.9 Å². The van der Waals surface area contributed by atoms with Crippen molar-refractivity contribution in [1.82, 2.24) is 9.47 Å². The molecule has 0 bridgehead atoms. The van der Waals surface area contributed by atoms with Gasteiger partial charge in [0, 0.05) is 35.0 Å². The molecule has 24 heavy (non-hydrogen) atoms. The molecule has 1 aliphatic rings. The van der Waals surface area contributed by atoms with E-state index in [0.717, 1.165) is 22.3 Å². The molecule has 1 unspecified atom stereocenters. The number of nitrogens with zero attached hydrogens (tertiary/aromatic N) is 2. The van der Waals surface area contributed by atoms with E-state index in [9.17, 15) is 4.79 Å². The number of aromatic nitrogens is 1. The highest BCUT2D eigenvalue weighted by molar-refractivity contribution is 9.10. The van der Waals surface area contributed by atoms with Crippen LogP contribution in [-0.4, -0.2) is 21.9 Å².